The third-order valence-electron chi connectivity index (χ3n) is 5.88. The van der Waals surface area contributed by atoms with Crippen molar-refractivity contribution in [2.75, 3.05) is 36.6 Å². The average Bonchev–Trinajstić information content (AvgIpc) is 2.91. The molecule has 5 rings (SSSR count). The molecule has 0 spiro atoms. The van der Waals surface area contributed by atoms with E-state index in [0.29, 0.717) is 30.9 Å². The highest BCUT2D eigenvalue weighted by Crippen LogP contribution is 2.31. The molecule has 0 bridgehead atoms. The van der Waals surface area contributed by atoms with Gasteiger partial charge in [0.25, 0.3) is 0 Å². The van der Waals surface area contributed by atoms with Crippen LogP contribution in [0, 0.1) is 6.92 Å². The van der Waals surface area contributed by atoms with Crippen LogP contribution in [0.1, 0.15) is 34.0 Å². The number of nitrogens with one attached hydrogen (secondary N) is 1. The second-order valence-electron chi connectivity index (χ2n) is 8.46. The first kappa shape index (κ1) is 22.7. The van der Waals surface area contributed by atoms with Gasteiger partial charge in [-0.3, -0.25) is 0 Å². The third kappa shape index (κ3) is 5.70. The molecule has 1 aromatic heterocycles. The first-order valence-electron chi connectivity index (χ1n) is 11.8. The highest BCUT2D eigenvalue weighted by molar-refractivity contribution is 5.80. The van der Waals surface area contributed by atoms with E-state index in [0.717, 1.165) is 29.8 Å². The smallest absolute Gasteiger partial charge is 0.248 e. The zero-order valence-corrected chi connectivity index (χ0v) is 19.7. The summed E-state index contributed by atoms with van der Waals surface area (Å²) < 4.78 is 5.54. The second-order valence-corrected chi connectivity index (χ2v) is 8.46. The van der Waals surface area contributed by atoms with Gasteiger partial charge in [0.15, 0.2) is 0 Å². The van der Waals surface area contributed by atoms with Crippen LogP contribution in [-0.4, -0.2) is 47.5 Å². The van der Waals surface area contributed by atoms with Crippen molar-refractivity contribution in [1.82, 2.24) is 15.0 Å². The minimum Gasteiger partial charge on any atom is -0.378 e. The average molecular weight is 465 g/mol. The van der Waals surface area contributed by atoms with Gasteiger partial charge in [-0.1, -0.05) is 90.5 Å². The number of hydrazone groups is 1. The van der Waals surface area contributed by atoms with E-state index < -0.39 is 0 Å². The largest absolute Gasteiger partial charge is 0.378 e. The van der Waals surface area contributed by atoms with Crippen LogP contribution in [0.4, 0.5) is 11.9 Å². The number of anilines is 2. The topological polar surface area (TPSA) is 75.5 Å². The quantitative estimate of drug-likeness (QED) is 0.317. The Hall–Kier alpha value is -4.10. The summed E-state index contributed by atoms with van der Waals surface area (Å²) in [6, 6.07) is 28.8. The Morgan fingerprint density at radius 1 is 0.857 bits per heavy atom. The molecule has 176 valence electrons. The molecule has 0 radical (unpaired) electrons. The van der Waals surface area contributed by atoms with Crippen LogP contribution >= 0.6 is 0 Å². The molecule has 0 saturated carbocycles. The molecule has 1 aliphatic rings. The molecule has 0 amide bonds. The maximum atomic E-state index is 5.54. The van der Waals surface area contributed by atoms with Gasteiger partial charge in [-0.05, 0) is 23.6 Å². The van der Waals surface area contributed by atoms with Gasteiger partial charge >= 0.3 is 0 Å². The molecular formula is C28H28N6O. The van der Waals surface area contributed by atoms with Gasteiger partial charge in [-0.25, -0.2) is 5.43 Å². The van der Waals surface area contributed by atoms with Crippen molar-refractivity contribution >= 4 is 18.1 Å². The van der Waals surface area contributed by atoms with E-state index in [9.17, 15) is 0 Å². The number of hydrogen-bond donors (Lipinski definition) is 1. The predicted octanol–water partition coefficient (Wildman–Crippen LogP) is 4.64. The van der Waals surface area contributed by atoms with Crippen LogP contribution in [0.3, 0.4) is 0 Å². The van der Waals surface area contributed by atoms with Crippen molar-refractivity contribution in [2.45, 2.75) is 12.8 Å². The Balaban J connectivity index is 1.54. The number of morpholine rings is 1. The molecule has 0 unspecified atom stereocenters. The fourth-order valence-corrected chi connectivity index (χ4v) is 4.16. The SMILES string of the molecule is Cc1cccc(/C=N/Nc2nc(C(c3ccccc3)c3ccccc3)nc(N3CCOCC3)n2)c1. The van der Waals surface area contributed by atoms with Gasteiger partial charge in [-0.15, -0.1) is 0 Å². The van der Waals surface area contributed by atoms with Gasteiger partial charge in [-0.2, -0.15) is 20.1 Å². The fourth-order valence-electron chi connectivity index (χ4n) is 4.16. The van der Waals surface area contributed by atoms with E-state index in [1.807, 2.05) is 48.5 Å². The molecule has 1 aliphatic heterocycles. The minimum atomic E-state index is -0.138. The van der Waals surface area contributed by atoms with Gasteiger partial charge in [0, 0.05) is 13.1 Å². The zero-order valence-electron chi connectivity index (χ0n) is 19.7. The van der Waals surface area contributed by atoms with Gasteiger partial charge in [0.2, 0.25) is 11.9 Å². The monoisotopic (exact) mass is 464 g/mol. The molecule has 1 fully saturated rings. The predicted molar refractivity (Wildman–Crippen MR) is 139 cm³/mol. The van der Waals surface area contributed by atoms with E-state index in [-0.39, 0.29) is 5.92 Å². The minimum absolute atomic E-state index is 0.138. The molecular weight excluding hydrogens is 436 g/mol. The van der Waals surface area contributed by atoms with E-state index in [2.05, 4.69) is 58.7 Å². The maximum Gasteiger partial charge on any atom is 0.248 e. The van der Waals surface area contributed by atoms with E-state index in [4.69, 9.17) is 19.7 Å². The van der Waals surface area contributed by atoms with Crippen molar-refractivity contribution in [3.05, 3.63) is 113 Å². The van der Waals surface area contributed by atoms with Crippen LogP contribution in [0.15, 0.2) is 90.0 Å². The second kappa shape index (κ2) is 10.9. The molecule has 0 atom stereocenters. The molecule has 7 heteroatoms. The van der Waals surface area contributed by atoms with Crippen molar-refractivity contribution in [2.24, 2.45) is 5.10 Å². The summed E-state index contributed by atoms with van der Waals surface area (Å²) in [6.07, 6.45) is 1.77. The van der Waals surface area contributed by atoms with Crippen molar-refractivity contribution < 1.29 is 4.74 Å². The van der Waals surface area contributed by atoms with Crippen LogP contribution in [0.2, 0.25) is 0 Å². The summed E-state index contributed by atoms with van der Waals surface area (Å²) in [6.45, 7) is 4.82. The standard InChI is InChI=1S/C28H28N6O/c1-21-9-8-10-22(19-21)20-29-33-27-30-26(31-28(32-27)34-15-17-35-18-16-34)25(23-11-4-2-5-12-23)24-13-6-3-7-14-24/h2-14,19-20,25H,15-18H2,1H3,(H,30,31,32,33)/b29-20+. The molecule has 2 heterocycles. The van der Waals surface area contributed by atoms with Gasteiger partial charge in [0.1, 0.15) is 5.82 Å². The van der Waals surface area contributed by atoms with Crippen LogP contribution in [-0.2, 0) is 4.74 Å². The Morgan fingerprint density at radius 2 is 1.54 bits per heavy atom. The first-order chi connectivity index (χ1) is 17.3. The zero-order chi connectivity index (χ0) is 23.9. The van der Waals surface area contributed by atoms with Gasteiger partial charge in [0.05, 0.1) is 25.3 Å². The van der Waals surface area contributed by atoms with Crippen LogP contribution in [0.5, 0.6) is 0 Å². The first-order valence-corrected chi connectivity index (χ1v) is 11.8. The number of aromatic nitrogens is 3. The summed E-state index contributed by atoms with van der Waals surface area (Å²) in [4.78, 5) is 16.6. The fraction of sp³-hybridized carbons (Fsp3) is 0.214. The van der Waals surface area contributed by atoms with Crippen molar-refractivity contribution in [3.8, 4) is 0 Å². The number of hydrogen-bond acceptors (Lipinski definition) is 7. The van der Waals surface area contributed by atoms with E-state index >= 15 is 0 Å². The lowest BCUT2D eigenvalue weighted by Crippen LogP contribution is -2.37. The molecule has 1 saturated heterocycles. The Kier molecular flexibility index (Phi) is 7.05. The number of benzene rings is 3. The van der Waals surface area contributed by atoms with Crippen LogP contribution in [0.25, 0.3) is 0 Å². The lowest BCUT2D eigenvalue weighted by Gasteiger charge is -2.27. The molecule has 35 heavy (non-hydrogen) atoms. The molecule has 7 nitrogen and oxygen atoms in total. The summed E-state index contributed by atoms with van der Waals surface area (Å²) in [5, 5.41) is 4.41. The van der Waals surface area contributed by atoms with E-state index in [1.165, 1.54) is 5.56 Å². The summed E-state index contributed by atoms with van der Waals surface area (Å²) >= 11 is 0. The lowest BCUT2D eigenvalue weighted by molar-refractivity contribution is 0.122. The molecule has 0 aliphatic carbocycles. The summed E-state index contributed by atoms with van der Waals surface area (Å²) in [5.74, 6) is 1.58. The summed E-state index contributed by atoms with van der Waals surface area (Å²) in [5.41, 5.74) is 7.46. The third-order valence-corrected chi connectivity index (χ3v) is 5.88. The number of nitrogens with zero attached hydrogens (tertiary/aromatic N) is 5. The highest BCUT2D eigenvalue weighted by atomic mass is 16.5. The number of aryl methyl sites for hydroxylation is 1. The maximum absolute atomic E-state index is 5.54. The lowest BCUT2D eigenvalue weighted by atomic mass is 9.90. The normalized spacial score (nSPS) is 13.9. The number of rotatable bonds is 7. The summed E-state index contributed by atoms with van der Waals surface area (Å²) in [7, 11) is 0. The highest BCUT2D eigenvalue weighted by Gasteiger charge is 2.24. The van der Waals surface area contributed by atoms with Gasteiger partial charge < -0.3 is 9.64 Å². The Morgan fingerprint density at radius 3 is 2.20 bits per heavy atom. The Labute approximate surface area is 205 Å². The molecule has 4 aromatic rings. The molecule has 1 N–H and O–H groups in total. The Bertz CT molecular complexity index is 1230. The molecule has 3 aromatic carbocycles. The van der Waals surface area contributed by atoms with Crippen LogP contribution < -0.4 is 10.3 Å². The van der Waals surface area contributed by atoms with Crippen molar-refractivity contribution in [1.29, 1.82) is 0 Å². The van der Waals surface area contributed by atoms with E-state index in [1.54, 1.807) is 6.21 Å². The van der Waals surface area contributed by atoms with Crippen molar-refractivity contribution in [3.63, 3.8) is 0 Å². The number of ether oxygens (including phenoxy) is 1.